The van der Waals surface area contributed by atoms with Gasteiger partial charge >= 0.3 is 0 Å². The van der Waals surface area contributed by atoms with Crippen LogP contribution in [0, 0.1) is 6.92 Å². The Labute approximate surface area is 164 Å². The van der Waals surface area contributed by atoms with Crippen molar-refractivity contribution >= 4 is 40.6 Å². The van der Waals surface area contributed by atoms with Gasteiger partial charge in [-0.25, -0.2) is 0 Å². The topological polar surface area (TPSA) is 3.24 Å². The van der Waals surface area contributed by atoms with Crippen molar-refractivity contribution in [2.75, 3.05) is 4.90 Å². The molecule has 27 heavy (non-hydrogen) atoms. The van der Waals surface area contributed by atoms with Gasteiger partial charge in [0.25, 0.3) is 0 Å². The molecule has 1 aromatic heterocycles. The van der Waals surface area contributed by atoms with E-state index >= 15 is 0 Å². The van der Waals surface area contributed by atoms with Gasteiger partial charge in [0.05, 0.1) is 5.69 Å². The molecule has 1 nitrogen and oxygen atoms in total. The lowest BCUT2D eigenvalue weighted by molar-refractivity contribution is 1.25. The Hall–Kier alpha value is -3.10. The van der Waals surface area contributed by atoms with E-state index in [9.17, 15) is 0 Å². The molecule has 2 heteroatoms. The first-order chi connectivity index (χ1) is 13.3. The van der Waals surface area contributed by atoms with Gasteiger partial charge in [-0.15, -0.1) is 0 Å². The summed E-state index contributed by atoms with van der Waals surface area (Å²) in [7, 11) is 0. The fourth-order valence-electron chi connectivity index (χ4n) is 3.19. The maximum Gasteiger partial charge on any atom is 0.0534 e. The molecule has 0 aliphatic carbocycles. The number of rotatable bonds is 5. The minimum Gasteiger partial charge on any atom is -0.310 e. The second kappa shape index (κ2) is 8.07. The van der Waals surface area contributed by atoms with Crippen LogP contribution in [0.5, 0.6) is 0 Å². The summed E-state index contributed by atoms with van der Waals surface area (Å²) >= 11 is 1.72. The molecule has 0 aliphatic rings. The quantitative estimate of drug-likeness (QED) is 0.349. The monoisotopic (exact) mass is 367 g/mol. The van der Waals surface area contributed by atoms with Crippen molar-refractivity contribution in [3.8, 4) is 0 Å². The van der Waals surface area contributed by atoms with Gasteiger partial charge in [0.2, 0.25) is 0 Å². The van der Waals surface area contributed by atoms with Gasteiger partial charge in [0.1, 0.15) is 0 Å². The maximum absolute atomic E-state index is 2.34. The summed E-state index contributed by atoms with van der Waals surface area (Å²) in [6.45, 7) is 2.16. The van der Waals surface area contributed by atoms with Crippen LogP contribution in [0.15, 0.2) is 95.7 Å². The van der Waals surface area contributed by atoms with E-state index < -0.39 is 0 Å². The van der Waals surface area contributed by atoms with Crippen LogP contribution in [0.3, 0.4) is 0 Å². The van der Waals surface area contributed by atoms with Crippen LogP contribution < -0.4 is 4.90 Å². The highest BCUT2D eigenvalue weighted by atomic mass is 32.1. The number of thiophene rings is 1. The average molecular weight is 368 g/mol. The van der Waals surface area contributed by atoms with Gasteiger partial charge in [-0.2, -0.15) is 11.3 Å². The molecule has 3 aromatic carbocycles. The van der Waals surface area contributed by atoms with Crippen molar-refractivity contribution in [1.29, 1.82) is 0 Å². The fraction of sp³-hybridized carbons (Fsp3) is 0.0400. The summed E-state index contributed by atoms with van der Waals surface area (Å²) in [4.78, 5) is 2.34. The molecule has 0 bridgehead atoms. The summed E-state index contributed by atoms with van der Waals surface area (Å²) in [5.41, 5.74) is 7.19. The molecule has 0 fully saturated rings. The molecule has 4 rings (SSSR count). The molecule has 0 unspecified atom stereocenters. The Morgan fingerprint density at radius 1 is 0.704 bits per heavy atom. The predicted molar refractivity (Wildman–Crippen MR) is 119 cm³/mol. The molecule has 0 amide bonds. The van der Waals surface area contributed by atoms with Gasteiger partial charge in [0, 0.05) is 11.4 Å². The zero-order valence-electron chi connectivity index (χ0n) is 15.2. The molecule has 1 heterocycles. The standard InChI is InChI=1S/C25H21NS/c1-20-9-5-7-13-24(20)26(23-11-3-2-4-12-23)25-14-8-6-10-22(25)16-15-21-17-18-27-19-21/h2-19H,1H3. The van der Waals surface area contributed by atoms with Crippen molar-refractivity contribution < 1.29 is 0 Å². The van der Waals surface area contributed by atoms with E-state index in [1.807, 2.05) is 0 Å². The molecule has 0 saturated heterocycles. The van der Waals surface area contributed by atoms with E-state index in [1.54, 1.807) is 11.3 Å². The number of anilines is 3. The lowest BCUT2D eigenvalue weighted by atomic mass is 10.1. The summed E-state index contributed by atoms with van der Waals surface area (Å²) in [5, 5.41) is 4.27. The lowest BCUT2D eigenvalue weighted by Crippen LogP contribution is -2.12. The van der Waals surface area contributed by atoms with Crippen LogP contribution in [0.1, 0.15) is 16.7 Å². The van der Waals surface area contributed by atoms with Gasteiger partial charge in [-0.3, -0.25) is 0 Å². The summed E-state index contributed by atoms with van der Waals surface area (Å²) in [6, 6.07) is 29.8. The highest BCUT2D eigenvalue weighted by Crippen LogP contribution is 2.38. The first-order valence-electron chi connectivity index (χ1n) is 9.03. The summed E-state index contributed by atoms with van der Waals surface area (Å²) in [5.74, 6) is 0. The number of aryl methyl sites for hydroxylation is 1. The number of nitrogens with zero attached hydrogens (tertiary/aromatic N) is 1. The second-order valence-corrected chi connectivity index (χ2v) is 7.19. The van der Waals surface area contributed by atoms with Gasteiger partial charge < -0.3 is 4.90 Å². The molecule has 0 aliphatic heterocycles. The minimum atomic E-state index is 1.16. The first kappa shape index (κ1) is 17.3. The normalized spacial score (nSPS) is 11.0. The zero-order chi connectivity index (χ0) is 18.5. The van der Waals surface area contributed by atoms with E-state index in [0.717, 1.165) is 5.69 Å². The number of hydrogen-bond acceptors (Lipinski definition) is 2. The van der Waals surface area contributed by atoms with E-state index in [0.29, 0.717) is 0 Å². The molecule has 0 atom stereocenters. The van der Waals surface area contributed by atoms with Crippen LogP contribution in [0.2, 0.25) is 0 Å². The van der Waals surface area contributed by atoms with Crippen LogP contribution in [0.4, 0.5) is 17.1 Å². The van der Waals surface area contributed by atoms with E-state index in [2.05, 4.69) is 120 Å². The van der Waals surface area contributed by atoms with Crippen LogP contribution in [-0.2, 0) is 0 Å². The first-order valence-corrected chi connectivity index (χ1v) is 9.97. The Balaban J connectivity index is 1.85. The number of hydrogen-bond donors (Lipinski definition) is 0. The predicted octanol–water partition coefficient (Wildman–Crippen LogP) is 7.70. The van der Waals surface area contributed by atoms with E-state index in [4.69, 9.17) is 0 Å². The third-order valence-electron chi connectivity index (χ3n) is 4.55. The highest BCUT2D eigenvalue weighted by Gasteiger charge is 2.15. The molecule has 0 saturated carbocycles. The van der Waals surface area contributed by atoms with Crippen molar-refractivity contribution in [3.05, 3.63) is 112 Å². The largest absolute Gasteiger partial charge is 0.310 e. The third kappa shape index (κ3) is 3.86. The molecular weight excluding hydrogens is 346 g/mol. The molecule has 0 spiro atoms. The van der Waals surface area contributed by atoms with Crippen LogP contribution in [0.25, 0.3) is 12.2 Å². The second-order valence-electron chi connectivity index (χ2n) is 6.41. The van der Waals surface area contributed by atoms with E-state index in [-0.39, 0.29) is 0 Å². The Bertz CT molecular complexity index is 1030. The minimum absolute atomic E-state index is 1.16. The number of benzene rings is 3. The van der Waals surface area contributed by atoms with Gasteiger partial charge in [0.15, 0.2) is 0 Å². The summed E-state index contributed by atoms with van der Waals surface area (Å²) in [6.07, 6.45) is 4.38. The summed E-state index contributed by atoms with van der Waals surface area (Å²) < 4.78 is 0. The van der Waals surface area contributed by atoms with Gasteiger partial charge in [-0.1, -0.05) is 66.7 Å². The van der Waals surface area contributed by atoms with Crippen molar-refractivity contribution in [3.63, 3.8) is 0 Å². The van der Waals surface area contributed by atoms with Crippen molar-refractivity contribution in [2.45, 2.75) is 6.92 Å². The molecule has 4 aromatic rings. The SMILES string of the molecule is Cc1ccccc1N(c1ccccc1)c1ccccc1C=Cc1ccsc1. The lowest BCUT2D eigenvalue weighted by Gasteiger charge is -2.28. The number of para-hydroxylation sites is 3. The van der Waals surface area contributed by atoms with Crippen molar-refractivity contribution in [2.24, 2.45) is 0 Å². The Kier molecular flexibility index (Phi) is 5.17. The van der Waals surface area contributed by atoms with Crippen LogP contribution >= 0.6 is 11.3 Å². The van der Waals surface area contributed by atoms with E-state index in [1.165, 1.54) is 28.1 Å². The molecule has 0 N–H and O–H groups in total. The smallest absolute Gasteiger partial charge is 0.0534 e. The molecular formula is C25H21NS. The maximum atomic E-state index is 2.34. The Morgan fingerprint density at radius 3 is 2.15 bits per heavy atom. The third-order valence-corrected chi connectivity index (χ3v) is 5.25. The Morgan fingerprint density at radius 2 is 1.41 bits per heavy atom. The average Bonchev–Trinajstić information content (AvgIpc) is 3.23. The molecule has 0 radical (unpaired) electrons. The zero-order valence-corrected chi connectivity index (χ0v) is 16.1. The highest BCUT2D eigenvalue weighted by molar-refractivity contribution is 7.08. The van der Waals surface area contributed by atoms with Crippen LogP contribution in [-0.4, -0.2) is 0 Å². The van der Waals surface area contributed by atoms with Gasteiger partial charge in [-0.05, 0) is 64.7 Å². The fourth-order valence-corrected chi connectivity index (χ4v) is 3.82. The molecule has 132 valence electrons. The van der Waals surface area contributed by atoms with Crippen molar-refractivity contribution in [1.82, 2.24) is 0 Å².